The quantitative estimate of drug-likeness (QED) is 0.508. The van der Waals surface area contributed by atoms with E-state index in [9.17, 15) is 0 Å². The Bertz CT molecular complexity index is 771. The van der Waals surface area contributed by atoms with Gasteiger partial charge in [-0.3, -0.25) is 0 Å². The van der Waals surface area contributed by atoms with E-state index in [0.29, 0.717) is 6.61 Å². The van der Waals surface area contributed by atoms with Crippen LogP contribution in [0.3, 0.4) is 0 Å². The van der Waals surface area contributed by atoms with Gasteiger partial charge in [-0.05, 0) is 24.6 Å². The lowest BCUT2D eigenvalue weighted by Crippen LogP contribution is -2.02. The second-order valence-corrected chi connectivity index (χ2v) is 6.25. The maximum absolute atomic E-state index is 5.70. The number of aryl methyl sites for hydroxylation is 1. The molecule has 0 aliphatic rings. The van der Waals surface area contributed by atoms with Crippen molar-refractivity contribution in [1.82, 2.24) is 14.8 Å². The van der Waals surface area contributed by atoms with Gasteiger partial charge in [0.1, 0.15) is 5.75 Å². The number of rotatable bonds is 6. The highest BCUT2D eigenvalue weighted by molar-refractivity contribution is 7.99. The molecule has 0 atom stereocenters. The van der Waals surface area contributed by atoms with E-state index in [1.807, 2.05) is 54.1 Å². The summed E-state index contributed by atoms with van der Waals surface area (Å²) in [5.74, 6) is 2.62. The van der Waals surface area contributed by atoms with E-state index < -0.39 is 0 Å². The van der Waals surface area contributed by atoms with Crippen LogP contribution in [0.4, 0.5) is 0 Å². The molecule has 3 aromatic rings. The Kier molecular flexibility index (Phi) is 4.98. The molecule has 118 valence electrons. The molecule has 23 heavy (non-hydrogen) atoms. The summed E-state index contributed by atoms with van der Waals surface area (Å²) in [4.78, 5) is 0. The molecular weight excluding hydrogens is 306 g/mol. The molecule has 5 heteroatoms. The number of thioether (sulfide) groups is 1. The summed E-state index contributed by atoms with van der Waals surface area (Å²) in [5.41, 5.74) is 2.32. The summed E-state index contributed by atoms with van der Waals surface area (Å²) in [6.07, 6.45) is 0. The maximum atomic E-state index is 5.70. The first kappa shape index (κ1) is 15.6. The van der Waals surface area contributed by atoms with Crippen molar-refractivity contribution in [3.63, 3.8) is 0 Å². The van der Waals surface area contributed by atoms with Gasteiger partial charge in [-0.25, -0.2) is 0 Å². The summed E-state index contributed by atoms with van der Waals surface area (Å²) in [6.45, 7) is 2.73. The van der Waals surface area contributed by atoms with E-state index >= 15 is 0 Å². The second kappa shape index (κ2) is 7.33. The summed E-state index contributed by atoms with van der Waals surface area (Å²) in [6, 6.07) is 18.1. The number of benzene rings is 2. The molecule has 2 aromatic carbocycles. The molecule has 0 bridgehead atoms. The van der Waals surface area contributed by atoms with E-state index in [4.69, 9.17) is 4.74 Å². The van der Waals surface area contributed by atoms with Gasteiger partial charge in [-0.15, -0.1) is 10.2 Å². The highest BCUT2D eigenvalue weighted by Gasteiger charge is 2.12. The summed E-state index contributed by atoms with van der Waals surface area (Å²) >= 11 is 1.65. The number of hydrogen-bond donors (Lipinski definition) is 0. The van der Waals surface area contributed by atoms with Gasteiger partial charge in [0.05, 0.1) is 6.61 Å². The van der Waals surface area contributed by atoms with E-state index in [2.05, 4.69) is 29.3 Å². The number of para-hydroxylation sites is 1. The van der Waals surface area contributed by atoms with Crippen LogP contribution in [0.5, 0.6) is 5.75 Å². The molecule has 0 radical (unpaired) electrons. The molecule has 0 aliphatic carbocycles. The molecule has 0 aliphatic heterocycles. The Morgan fingerprint density at radius 3 is 2.52 bits per heavy atom. The molecule has 0 saturated heterocycles. The van der Waals surface area contributed by atoms with Crippen LogP contribution in [-0.4, -0.2) is 27.1 Å². The Balaban J connectivity index is 1.61. The molecule has 0 saturated carbocycles. The SMILES string of the molecule is Cc1ccccc1-c1nnc(SCCOc2ccccc2)n1C. The zero-order valence-corrected chi connectivity index (χ0v) is 14.1. The van der Waals surface area contributed by atoms with Crippen molar-refractivity contribution in [3.8, 4) is 17.1 Å². The van der Waals surface area contributed by atoms with Crippen molar-refractivity contribution in [3.05, 3.63) is 60.2 Å². The van der Waals surface area contributed by atoms with Crippen LogP contribution in [0.15, 0.2) is 59.8 Å². The van der Waals surface area contributed by atoms with Gasteiger partial charge in [-0.1, -0.05) is 54.2 Å². The van der Waals surface area contributed by atoms with Crippen molar-refractivity contribution in [2.45, 2.75) is 12.1 Å². The van der Waals surface area contributed by atoms with E-state index in [1.54, 1.807) is 11.8 Å². The number of aromatic nitrogens is 3. The highest BCUT2D eigenvalue weighted by atomic mass is 32.2. The van der Waals surface area contributed by atoms with Crippen LogP contribution >= 0.6 is 11.8 Å². The average molecular weight is 325 g/mol. The fraction of sp³-hybridized carbons (Fsp3) is 0.222. The first-order valence-corrected chi connectivity index (χ1v) is 8.50. The molecule has 0 unspecified atom stereocenters. The summed E-state index contributed by atoms with van der Waals surface area (Å²) < 4.78 is 7.74. The smallest absolute Gasteiger partial charge is 0.191 e. The van der Waals surface area contributed by atoms with Gasteiger partial charge in [0.25, 0.3) is 0 Å². The van der Waals surface area contributed by atoms with E-state index in [0.717, 1.165) is 28.0 Å². The third kappa shape index (κ3) is 3.74. The number of ether oxygens (including phenoxy) is 1. The van der Waals surface area contributed by atoms with E-state index in [-0.39, 0.29) is 0 Å². The standard InChI is InChI=1S/C18H19N3OS/c1-14-8-6-7-11-16(14)17-19-20-18(21(17)2)23-13-12-22-15-9-4-3-5-10-15/h3-11H,12-13H2,1-2H3. The molecular formula is C18H19N3OS. The third-order valence-electron chi connectivity index (χ3n) is 3.55. The molecule has 4 nitrogen and oxygen atoms in total. The second-order valence-electron chi connectivity index (χ2n) is 5.19. The zero-order chi connectivity index (χ0) is 16.1. The molecule has 1 aromatic heterocycles. The van der Waals surface area contributed by atoms with Gasteiger partial charge in [0, 0.05) is 18.4 Å². The highest BCUT2D eigenvalue weighted by Crippen LogP contribution is 2.24. The van der Waals surface area contributed by atoms with Gasteiger partial charge in [0.15, 0.2) is 11.0 Å². The van der Waals surface area contributed by atoms with Crippen molar-refractivity contribution in [1.29, 1.82) is 0 Å². The lowest BCUT2D eigenvalue weighted by molar-refractivity contribution is 0.344. The largest absolute Gasteiger partial charge is 0.493 e. The zero-order valence-electron chi connectivity index (χ0n) is 13.3. The minimum atomic E-state index is 0.640. The normalized spacial score (nSPS) is 10.7. The molecule has 0 spiro atoms. The average Bonchev–Trinajstić information content (AvgIpc) is 2.94. The lowest BCUT2D eigenvalue weighted by atomic mass is 10.1. The fourth-order valence-corrected chi connectivity index (χ4v) is 3.04. The minimum Gasteiger partial charge on any atom is -0.493 e. The van der Waals surface area contributed by atoms with Gasteiger partial charge >= 0.3 is 0 Å². The van der Waals surface area contributed by atoms with Crippen LogP contribution in [-0.2, 0) is 7.05 Å². The van der Waals surface area contributed by atoms with Crippen LogP contribution in [0.2, 0.25) is 0 Å². The first-order chi connectivity index (χ1) is 11.3. The van der Waals surface area contributed by atoms with Crippen LogP contribution in [0, 0.1) is 6.92 Å². The topological polar surface area (TPSA) is 39.9 Å². The maximum Gasteiger partial charge on any atom is 0.191 e. The Morgan fingerprint density at radius 2 is 1.74 bits per heavy atom. The molecule has 0 N–H and O–H groups in total. The third-order valence-corrected chi connectivity index (χ3v) is 4.53. The van der Waals surface area contributed by atoms with Crippen molar-refractivity contribution in [2.75, 3.05) is 12.4 Å². The number of nitrogens with zero attached hydrogens (tertiary/aromatic N) is 3. The molecule has 1 heterocycles. The summed E-state index contributed by atoms with van der Waals surface area (Å²) in [7, 11) is 2.00. The summed E-state index contributed by atoms with van der Waals surface area (Å²) in [5, 5.41) is 9.54. The van der Waals surface area contributed by atoms with Crippen molar-refractivity contribution >= 4 is 11.8 Å². The Hall–Kier alpha value is -2.27. The van der Waals surface area contributed by atoms with Crippen molar-refractivity contribution < 1.29 is 4.74 Å². The molecule has 3 rings (SSSR count). The first-order valence-electron chi connectivity index (χ1n) is 7.52. The lowest BCUT2D eigenvalue weighted by Gasteiger charge is -2.07. The monoisotopic (exact) mass is 325 g/mol. The Morgan fingerprint density at radius 1 is 1.00 bits per heavy atom. The Labute approximate surface area is 140 Å². The number of hydrogen-bond acceptors (Lipinski definition) is 4. The van der Waals surface area contributed by atoms with Gasteiger partial charge in [0.2, 0.25) is 0 Å². The van der Waals surface area contributed by atoms with Gasteiger partial charge < -0.3 is 9.30 Å². The molecule has 0 amide bonds. The predicted molar refractivity (Wildman–Crippen MR) is 93.8 cm³/mol. The molecule has 0 fully saturated rings. The van der Waals surface area contributed by atoms with Crippen LogP contribution in [0.1, 0.15) is 5.56 Å². The van der Waals surface area contributed by atoms with Crippen molar-refractivity contribution in [2.24, 2.45) is 7.05 Å². The fourth-order valence-electron chi connectivity index (χ4n) is 2.31. The van der Waals surface area contributed by atoms with Gasteiger partial charge in [-0.2, -0.15) is 0 Å². The van der Waals surface area contributed by atoms with E-state index in [1.165, 1.54) is 5.56 Å². The van der Waals surface area contributed by atoms with Crippen LogP contribution < -0.4 is 4.74 Å². The minimum absolute atomic E-state index is 0.640. The van der Waals surface area contributed by atoms with Crippen LogP contribution in [0.25, 0.3) is 11.4 Å². The predicted octanol–water partition coefficient (Wildman–Crippen LogP) is 3.96.